The highest BCUT2D eigenvalue weighted by molar-refractivity contribution is 6.03. The topological polar surface area (TPSA) is 76.1 Å². The van der Waals surface area contributed by atoms with Crippen molar-refractivity contribution in [1.29, 1.82) is 0 Å². The van der Waals surface area contributed by atoms with Gasteiger partial charge in [-0.1, -0.05) is 12.1 Å². The van der Waals surface area contributed by atoms with Gasteiger partial charge < -0.3 is 15.4 Å². The van der Waals surface area contributed by atoms with E-state index in [9.17, 15) is 4.79 Å². The van der Waals surface area contributed by atoms with E-state index in [1.807, 2.05) is 30.3 Å². The van der Waals surface area contributed by atoms with Crippen LogP contribution >= 0.6 is 0 Å². The highest BCUT2D eigenvalue weighted by Crippen LogP contribution is 2.30. The van der Waals surface area contributed by atoms with Crippen molar-refractivity contribution < 1.29 is 9.53 Å². The van der Waals surface area contributed by atoms with E-state index < -0.39 is 0 Å². The van der Waals surface area contributed by atoms with Crippen molar-refractivity contribution in [1.82, 2.24) is 9.97 Å². The lowest BCUT2D eigenvalue weighted by molar-refractivity contribution is 0.0972. The van der Waals surface area contributed by atoms with Crippen LogP contribution < -0.4 is 15.4 Å². The van der Waals surface area contributed by atoms with Gasteiger partial charge in [0.25, 0.3) is 0 Å². The molecule has 0 radical (unpaired) electrons. The molecule has 0 saturated carbocycles. The quantitative estimate of drug-likeness (QED) is 0.633. The minimum Gasteiger partial charge on any atom is -0.497 e. The number of aromatic nitrogens is 2. The molecule has 0 aliphatic heterocycles. The van der Waals surface area contributed by atoms with Crippen LogP contribution in [0.3, 0.4) is 0 Å². The molecule has 1 aliphatic carbocycles. The monoisotopic (exact) mass is 388 g/mol. The summed E-state index contributed by atoms with van der Waals surface area (Å²) < 4.78 is 5.30. The number of nitrogens with one attached hydrogen (secondary N) is 2. The second-order valence-electron chi connectivity index (χ2n) is 7.28. The van der Waals surface area contributed by atoms with Gasteiger partial charge in [-0.05, 0) is 62.1 Å². The standard InChI is InChI=1S/C23H24N4O2/c1-14-10-11-17(12-15(14)2)25-23-26-19-8-5-9-20(28)21(19)22(27-23)24-16-6-4-7-18(13-16)29-3/h4,6-7,10-13H,5,8-9H2,1-3H3,(H2,24,25,26,27). The van der Waals surface area contributed by atoms with Crippen LogP contribution in [0.2, 0.25) is 0 Å². The van der Waals surface area contributed by atoms with E-state index in [1.165, 1.54) is 11.1 Å². The van der Waals surface area contributed by atoms with Gasteiger partial charge in [0.2, 0.25) is 5.95 Å². The maximum atomic E-state index is 12.6. The minimum atomic E-state index is 0.0781. The van der Waals surface area contributed by atoms with Crippen LogP contribution in [0.5, 0.6) is 5.75 Å². The molecule has 29 heavy (non-hydrogen) atoms. The summed E-state index contributed by atoms with van der Waals surface area (Å²) in [5.41, 5.74) is 5.52. The fourth-order valence-electron chi connectivity index (χ4n) is 3.45. The van der Waals surface area contributed by atoms with E-state index in [1.54, 1.807) is 7.11 Å². The Bertz CT molecular complexity index is 1080. The van der Waals surface area contributed by atoms with Gasteiger partial charge in [-0.2, -0.15) is 4.98 Å². The molecule has 0 bridgehead atoms. The minimum absolute atomic E-state index is 0.0781. The molecule has 0 amide bonds. The number of Topliss-reactive ketones (excluding diaryl/α,β-unsaturated/α-hetero) is 1. The fourth-order valence-corrected chi connectivity index (χ4v) is 3.45. The number of carbonyl (C=O) groups is 1. The van der Waals surface area contributed by atoms with Gasteiger partial charge in [-0.15, -0.1) is 0 Å². The van der Waals surface area contributed by atoms with Crippen molar-refractivity contribution in [2.24, 2.45) is 0 Å². The molecule has 148 valence electrons. The number of ether oxygens (including phenoxy) is 1. The van der Waals surface area contributed by atoms with Crippen molar-refractivity contribution in [2.75, 3.05) is 17.7 Å². The van der Waals surface area contributed by atoms with Crippen molar-refractivity contribution in [3.8, 4) is 5.75 Å². The number of fused-ring (bicyclic) bond motifs is 1. The average molecular weight is 388 g/mol. The maximum absolute atomic E-state index is 12.6. The molecule has 3 aromatic rings. The van der Waals surface area contributed by atoms with Gasteiger partial charge >= 0.3 is 0 Å². The first-order chi connectivity index (χ1) is 14.0. The van der Waals surface area contributed by atoms with Gasteiger partial charge in [0.1, 0.15) is 11.6 Å². The number of hydrogen-bond donors (Lipinski definition) is 2. The number of hydrogen-bond acceptors (Lipinski definition) is 6. The van der Waals surface area contributed by atoms with Gasteiger partial charge in [0.15, 0.2) is 5.78 Å². The van der Waals surface area contributed by atoms with Crippen LogP contribution in [0, 0.1) is 13.8 Å². The number of benzene rings is 2. The first kappa shape index (κ1) is 18.9. The first-order valence-electron chi connectivity index (χ1n) is 9.73. The fraction of sp³-hybridized carbons (Fsp3) is 0.261. The van der Waals surface area contributed by atoms with E-state index in [0.717, 1.165) is 35.7 Å². The van der Waals surface area contributed by atoms with Crippen LogP contribution in [0.1, 0.15) is 40.0 Å². The molecule has 0 saturated heterocycles. The second kappa shape index (κ2) is 7.91. The Hall–Kier alpha value is -3.41. The summed E-state index contributed by atoms with van der Waals surface area (Å²) in [5.74, 6) is 1.82. The molecule has 0 fully saturated rings. The molecule has 0 unspecified atom stereocenters. The lowest BCUT2D eigenvalue weighted by Crippen LogP contribution is -2.17. The summed E-state index contributed by atoms with van der Waals surface area (Å²) >= 11 is 0. The van der Waals surface area contributed by atoms with Crippen molar-refractivity contribution in [2.45, 2.75) is 33.1 Å². The smallest absolute Gasteiger partial charge is 0.229 e. The molecule has 2 N–H and O–H groups in total. The van der Waals surface area contributed by atoms with Crippen molar-refractivity contribution in [3.05, 3.63) is 64.8 Å². The van der Waals surface area contributed by atoms with Gasteiger partial charge in [-0.3, -0.25) is 4.79 Å². The zero-order valence-corrected chi connectivity index (χ0v) is 16.9. The SMILES string of the molecule is COc1cccc(Nc2nc(Nc3ccc(C)c(C)c3)nc3c2C(=O)CCC3)c1. The van der Waals surface area contributed by atoms with Crippen LogP contribution in [-0.2, 0) is 6.42 Å². The van der Waals surface area contributed by atoms with Crippen LogP contribution in [0.25, 0.3) is 0 Å². The van der Waals surface area contributed by atoms with Crippen molar-refractivity contribution in [3.63, 3.8) is 0 Å². The van der Waals surface area contributed by atoms with Gasteiger partial charge in [0, 0.05) is 23.9 Å². The molecule has 1 aliphatic rings. The maximum Gasteiger partial charge on any atom is 0.229 e. The number of nitrogens with zero attached hydrogens (tertiary/aromatic N) is 2. The molecular formula is C23H24N4O2. The average Bonchev–Trinajstić information content (AvgIpc) is 2.71. The summed E-state index contributed by atoms with van der Waals surface area (Å²) in [4.78, 5) is 21.9. The highest BCUT2D eigenvalue weighted by atomic mass is 16.5. The van der Waals surface area contributed by atoms with E-state index in [-0.39, 0.29) is 5.78 Å². The van der Waals surface area contributed by atoms with E-state index in [4.69, 9.17) is 4.74 Å². The number of anilines is 4. The first-order valence-corrected chi connectivity index (χ1v) is 9.73. The number of rotatable bonds is 5. The molecule has 6 heteroatoms. The molecule has 6 nitrogen and oxygen atoms in total. The predicted molar refractivity (Wildman–Crippen MR) is 115 cm³/mol. The zero-order chi connectivity index (χ0) is 20.4. The predicted octanol–water partition coefficient (Wildman–Crippen LogP) is 5.11. The van der Waals surface area contributed by atoms with Crippen LogP contribution in [-0.4, -0.2) is 22.9 Å². The third-order valence-electron chi connectivity index (χ3n) is 5.18. The lowest BCUT2D eigenvalue weighted by atomic mass is 9.95. The molecular weight excluding hydrogens is 364 g/mol. The normalized spacial score (nSPS) is 13.0. The van der Waals surface area contributed by atoms with E-state index in [2.05, 4.69) is 46.6 Å². The van der Waals surface area contributed by atoms with Crippen molar-refractivity contribution >= 4 is 28.9 Å². The molecule has 1 aromatic heterocycles. The Morgan fingerprint density at radius 3 is 2.55 bits per heavy atom. The number of carbonyl (C=O) groups excluding carboxylic acids is 1. The number of ketones is 1. The molecule has 1 heterocycles. The van der Waals surface area contributed by atoms with Gasteiger partial charge in [0.05, 0.1) is 18.4 Å². The second-order valence-corrected chi connectivity index (χ2v) is 7.28. The highest BCUT2D eigenvalue weighted by Gasteiger charge is 2.25. The molecule has 4 rings (SSSR count). The Kier molecular flexibility index (Phi) is 5.16. The van der Waals surface area contributed by atoms with E-state index >= 15 is 0 Å². The Balaban J connectivity index is 1.72. The summed E-state index contributed by atoms with van der Waals surface area (Å²) in [7, 11) is 1.63. The zero-order valence-electron chi connectivity index (χ0n) is 16.9. The summed E-state index contributed by atoms with van der Waals surface area (Å²) in [5, 5.41) is 6.58. The lowest BCUT2D eigenvalue weighted by Gasteiger charge is -2.19. The summed E-state index contributed by atoms with van der Waals surface area (Å²) in [6, 6.07) is 13.7. The van der Waals surface area contributed by atoms with E-state index in [0.29, 0.717) is 23.8 Å². The Morgan fingerprint density at radius 1 is 0.931 bits per heavy atom. The Labute approximate surface area is 170 Å². The third-order valence-corrected chi connectivity index (χ3v) is 5.18. The summed E-state index contributed by atoms with van der Waals surface area (Å²) in [6.45, 7) is 4.15. The number of methoxy groups -OCH3 is 1. The molecule has 2 aromatic carbocycles. The van der Waals surface area contributed by atoms with Crippen LogP contribution in [0.15, 0.2) is 42.5 Å². The van der Waals surface area contributed by atoms with Crippen LogP contribution in [0.4, 0.5) is 23.1 Å². The van der Waals surface area contributed by atoms with Gasteiger partial charge in [-0.25, -0.2) is 4.98 Å². The largest absolute Gasteiger partial charge is 0.497 e. The summed E-state index contributed by atoms with van der Waals surface area (Å²) in [6.07, 6.45) is 2.09. The molecule has 0 atom stereocenters. The number of aryl methyl sites for hydroxylation is 3. The Morgan fingerprint density at radius 2 is 1.76 bits per heavy atom. The molecule has 0 spiro atoms. The third kappa shape index (κ3) is 4.06.